The van der Waals surface area contributed by atoms with E-state index in [9.17, 15) is 0 Å². The molecule has 0 aliphatic heterocycles. The zero-order valence-corrected chi connectivity index (χ0v) is 11.3. The van der Waals surface area contributed by atoms with E-state index in [1.807, 2.05) is 6.07 Å². The highest BCUT2D eigenvalue weighted by Crippen LogP contribution is 2.32. The maximum atomic E-state index is 5.33. The minimum absolute atomic E-state index is 0.739. The van der Waals surface area contributed by atoms with Crippen LogP contribution in [0, 0.1) is 0 Å². The number of hydrogen-bond donors (Lipinski definition) is 1. The van der Waals surface area contributed by atoms with E-state index in [1.54, 1.807) is 18.4 Å². The average molecular weight is 259 g/mol. The minimum Gasteiger partial charge on any atom is -0.497 e. The van der Waals surface area contributed by atoms with E-state index in [-0.39, 0.29) is 0 Å². The molecular weight excluding hydrogens is 242 g/mol. The third-order valence-corrected chi connectivity index (χ3v) is 4.17. The Hall–Kier alpha value is -1.32. The fourth-order valence-electron chi connectivity index (χ4n) is 2.04. The zero-order valence-electron chi connectivity index (χ0n) is 10.5. The summed E-state index contributed by atoms with van der Waals surface area (Å²) in [4.78, 5) is 1.31. The maximum absolute atomic E-state index is 5.33. The quantitative estimate of drug-likeness (QED) is 0.884. The van der Waals surface area contributed by atoms with Crippen molar-refractivity contribution in [2.75, 3.05) is 7.11 Å². The molecule has 1 aliphatic carbocycles. The van der Waals surface area contributed by atoms with E-state index in [0.717, 1.165) is 18.3 Å². The lowest BCUT2D eigenvalue weighted by molar-refractivity contribution is 0.415. The molecule has 0 bridgehead atoms. The third-order valence-electron chi connectivity index (χ3n) is 3.26. The van der Waals surface area contributed by atoms with Gasteiger partial charge in [0.1, 0.15) is 5.75 Å². The van der Waals surface area contributed by atoms with Crippen molar-refractivity contribution in [2.45, 2.75) is 25.4 Å². The first-order chi connectivity index (χ1) is 8.86. The van der Waals surface area contributed by atoms with Gasteiger partial charge in [-0.05, 0) is 47.5 Å². The number of rotatable bonds is 5. The van der Waals surface area contributed by atoms with Crippen LogP contribution in [0.2, 0.25) is 0 Å². The molecule has 0 unspecified atom stereocenters. The molecule has 2 aromatic rings. The second kappa shape index (κ2) is 5.12. The van der Waals surface area contributed by atoms with Crippen molar-refractivity contribution in [1.82, 2.24) is 5.32 Å². The minimum atomic E-state index is 0.739. The van der Waals surface area contributed by atoms with Crippen molar-refractivity contribution in [1.29, 1.82) is 0 Å². The Bertz CT molecular complexity index is 517. The number of ether oxygens (including phenoxy) is 1. The Morgan fingerprint density at radius 3 is 2.89 bits per heavy atom. The number of thiophene rings is 1. The molecule has 1 fully saturated rings. The Kier molecular flexibility index (Phi) is 3.35. The zero-order chi connectivity index (χ0) is 12.4. The van der Waals surface area contributed by atoms with Crippen LogP contribution in [0.1, 0.15) is 18.4 Å². The molecule has 1 heterocycles. The molecule has 0 atom stereocenters. The standard InChI is InChI=1S/C15H17NOS/c1-17-13-7-4-11(10-16-12-5-6-12)14(9-13)15-3-2-8-18-15/h2-4,7-9,12,16H,5-6,10H2,1H3. The molecule has 0 amide bonds. The maximum Gasteiger partial charge on any atom is 0.119 e. The summed E-state index contributed by atoms with van der Waals surface area (Å²) in [6.07, 6.45) is 2.65. The highest BCUT2D eigenvalue weighted by atomic mass is 32.1. The van der Waals surface area contributed by atoms with Gasteiger partial charge >= 0.3 is 0 Å². The highest BCUT2D eigenvalue weighted by Gasteiger charge is 2.20. The summed E-state index contributed by atoms with van der Waals surface area (Å²) in [6.45, 7) is 0.946. The van der Waals surface area contributed by atoms with Crippen molar-refractivity contribution in [3.63, 3.8) is 0 Å². The fourth-order valence-corrected chi connectivity index (χ4v) is 2.82. The predicted octanol–water partition coefficient (Wildman–Crippen LogP) is 3.68. The van der Waals surface area contributed by atoms with Gasteiger partial charge in [-0.1, -0.05) is 12.1 Å². The van der Waals surface area contributed by atoms with Gasteiger partial charge in [-0.3, -0.25) is 0 Å². The average Bonchev–Trinajstić information content (AvgIpc) is 3.08. The summed E-state index contributed by atoms with van der Waals surface area (Å²) in [5.74, 6) is 0.925. The van der Waals surface area contributed by atoms with E-state index < -0.39 is 0 Å². The van der Waals surface area contributed by atoms with Crippen LogP contribution in [-0.4, -0.2) is 13.2 Å². The number of benzene rings is 1. The van der Waals surface area contributed by atoms with Crippen LogP contribution in [0.4, 0.5) is 0 Å². The van der Waals surface area contributed by atoms with Gasteiger partial charge in [-0.25, -0.2) is 0 Å². The van der Waals surface area contributed by atoms with Crippen molar-refractivity contribution in [3.05, 3.63) is 41.3 Å². The number of hydrogen-bond acceptors (Lipinski definition) is 3. The SMILES string of the molecule is COc1ccc(CNC2CC2)c(-c2cccs2)c1. The van der Waals surface area contributed by atoms with Gasteiger partial charge < -0.3 is 10.1 Å². The van der Waals surface area contributed by atoms with E-state index in [0.29, 0.717) is 0 Å². The van der Waals surface area contributed by atoms with E-state index >= 15 is 0 Å². The van der Waals surface area contributed by atoms with E-state index in [1.165, 1.54) is 28.8 Å². The molecule has 0 spiro atoms. The summed E-state index contributed by atoms with van der Waals surface area (Å²) in [5, 5.41) is 5.69. The number of nitrogens with one attached hydrogen (secondary N) is 1. The molecule has 1 aromatic carbocycles. The Labute approximate surface area is 112 Å². The summed E-state index contributed by atoms with van der Waals surface area (Å²) in [6, 6.07) is 11.3. The van der Waals surface area contributed by atoms with Crippen LogP contribution in [-0.2, 0) is 6.54 Å². The monoisotopic (exact) mass is 259 g/mol. The van der Waals surface area contributed by atoms with Gasteiger partial charge in [0, 0.05) is 17.5 Å². The van der Waals surface area contributed by atoms with Crippen molar-refractivity contribution < 1.29 is 4.74 Å². The Morgan fingerprint density at radius 1 is 1.33 bits per heavy atom. The fraction of sp³-hybridized carbons (Fsp3) is 0.333. The first-order valence-electron chi connectivity index (χ1n) is 6.31. The number of methoxy groups -OCH3 is 1. The lowest BCUT2D eigenvalue weighted by atomic mass is 10.1. The van der Waals surface area contributed by atoms with Gasteiger partial charge in [-0.15, -0.1) is 11.3 Å². The summed E-state index contributed by atoms with van der Waals surface area (Å²) < 4.78 is 5.33. The first-order valence-corrected chi connectivity index (χ1v) is 7.19. The van der Waals surface area contributed by atoms with Crippen LogP contribution in [0.25, 0.3) is 10.4 Å². The molecule has 0 radical (unpaired) electrons. The normalized spacial score (nSPS) is 14.7. The highest BCUT2D eigenvalue weighted by molar-refractivity contribution is 7.13. The molecule has 2 nitrogen and oxygen atoms in total. The molecule has 18 heavy (non-hydrogen) atoms. The van der Waals surface area contributed by atoms with Gasteiger partial charge in [0.15, 0.2) is 0 Å². The van der Waals surface area contributed by atoms with Crippen molar-refractivity contribution in [2.24, 2.45) is 0 Å². The van der Waals surface area contributed by atoms with E-state index in [2.05, 4.69) is 35.0 Å². The smallest absolute Gasteiger partial charge is 0.119 e. The molecular formula is C15H17NOS. The largest absolute Gasteiger partial charge is 0.497 e. The molecule has 1 aliphatic rings. The van der Waals surface area contributed by atoms with Gasteiger partial charge in [0.25, 0.3) is 0 Å². The van der Waals surface area contributed by atoms with Gasteiger partial charge in [0.05, 0.1) is 7.11 Å². The second-order valence-corrected chi connectivity index (χ2v) is 5.60. The van der Waals surface area contributed by atoms with Crippen LogP contribution in [0.5, 0.6) is 5.75 Å². The predicted molar refractivity (Wildman–Crippen MR) is 76.2 cm³/mol. The van der Waals surface area contributed by atoms with Crippen molar-refractivity contribution >= 4 is 11.3 Å². The van der Waals surface area contributed by atoms with Crippen LogP contribution in [0.3, 0.4) is 0 Å². The summed E-state index contributed by atoms with van der Waals surface area (Å²) in [7, 11) is 1.72. The Balaban J connectivity index is 1.90. The van der Waals surface area contributed by atoms with Crippen LogP contribution < -0.4 is 10.1 Å². The Morgan fingerprint density at radius 2 is 2.22 bits per heavy atom. The van der Waals surface area contributed by atoms with Gasteiger partial charge in [0.2, 0.25) is 0 Å². The van der Waals surface area contributed by atoms with Crippen molar-refractivity contribution in [3.8, 4) is 16.2 Å². The molecule has 1 N–H and O–H groups in total. The molecule has 1 saturated carbocycles. The molecule has 0 saturated heterocycles. The molecule has 1 aromatic heterocycles. The lowest BCUT2D eigenvalue weighted by Gasteiger charge is -2.11. The lowest BCUT2D eigenvalue weighted by Crippen LogP contribution is -2.15. The van der Waals surface area contributed by atoms with Crippen LogP contribution >= 0.6 is 11.3 Å². The molecule has 94 valence electrons. The molecule has 3 rings (SSSR count). The summed E-state index contributed by atoms with van der Waals surface area (Å²) in [5.41, 5.74) is 2.64. The topological polar surface area (TPSA) is 21.3 Å². The summed E-state index contributed by atoms with van der Waals surface area (Å²) >= 11 is 1.78. The third kappa shape index (κ3) is 2.57. The van der Waals surface area contributed by atoms with E-state index in [4.69, 9.17) is 4.74 Å². The second-order valence-electron chi connectivity index (χ2n) is 4.66. The molecule has 3 heteroatoms. The first kappa shape index (κ1) is 11.8. The van der Waals surface area contributed by atoms with Crippen LogP contribution in [0.15, 0.2) is 35.7 Å². The van der Waals surface area contributed by atoms with Gasteiger partial charge in [-0.2, -0.15) is 0 Å².